The van der Waals surface area contributed by atoms with Gasteiger partial charge in [0.15, 0.2) is 17.1 Å². The van der Waals surface area contributed by atoms with Crippen LogP contribution in [0.1, 0.15) is 28.3 Å². The molecule has 5 rings (SSSR count). The monoisotopic (exact) mass is 414 g/mol. The van der Waals surface area contributed by atoms with E-state index < -0.39 is 0 Å². The predicted octanol–water partition coefficient (Wildman–Crippen LogP) is 3.53. The number of pyridine rings is 1. The number of hydrogen-bond donors (Lipinski definition) is 2. The molecule has 5 aromatic rings. The first kappa shape index (κ1) is 19.0. The second-order valence-corrected chi connectivity index (χ2v) is 7.60. The van der Waals surface area contributed by atoms with Gasteiger partial charge < -0.3 is 15.5 Å². The molecule has 0 radical (unpaired) electrons. The maximum absolute atomic E-state index is 5.84. The molecule has 0 fully saturated rings. The zero-order chi connectivity index (χ0) is 21.5. The molecule has 156 valence electrons. The lowest BCUT2D eigenvalue weighted by atomic mass is 10.1. The normalized spacial score (nSPS) is 11.5. The third-order valence-electron chi connectivity index (χ3n) is 5.27. The van der Waals surface area contributed by atoms with Gasteiger partial charge in [0.2, 0.25) is 0 Å². The number of hydrogen-bond acceptors (Lipinski definition) is 8. The van der Waals surface area contributed by atoms with Crippen molar-refractivity contribution in [3.8, 4) is 0 Å². The average Bonchev–Trinajstić information content (AvgIpc) is 3.29. The summed E-state index contributed by atoms with van der Waals surface area (Å²) >= 11 is 0. The van der Waals surface area contributed by atoms with E-state index in [4.69, 9.17) is 10.2 Å². The number of rotatable bonds is 5. The zero-order valence-corrected chi connectivity index (χ0v) is 17.5. The molecule has 0 aliphatic rings. The Morgan fingerprint density at radius 3 is 2.81 bits per heavy atom. The summed E-state index contributed by atoms with van der Waals surface area (Å²) in [6.45, 7) is 7.02. The van der Waals surface area contributed by atoms with Crippen molar-refractivity contribution in [1.82, 2.24) is 29.7 Å². The minimum absolute atomic E-state index is 0.531. The number of oxazole rings is 1. The molecule has 0 saturated heterocycles. The fourth-order valence-electron chi connectivity index (χ4n) is 3.81. The van der Waals surface area contributed by atoms with E-state index in [1.165, 1.54) is 6.33 Å². The van der Waals surface area contributed by atoms with Crippen LogP contribution in [0.2, 0.25) is 0 Å². The molecule has 0 bridgehead atoms. The topological polar surface area (TPSA) is 121 Å². The molecular formula is C22H22N8O. The highest BCUT2D eigenvalue weighted by Crippen LogP contribution is 2.22. The number of aryl methyl sites for hydroxylation is 3. The molecule has 0 atom stereocenters. The smallest absolute Gasteiger partial charge is 0.192 e. The Labute approximate surface area is 178 Å². The number of fused-ring (bicyclic) bond motifs is 2. The molecule has 31 heavy (non-hydrogen) atoms. The zero-order valence-electron chi connectivity index (χ0n) is 17.5. The van der Waals surface area contributed by atoms with Crippen LogP contribution >= 0.6 is 0 Å². The predicted molar refractivity (Wildman–Crippen MR) is 119 cm³/mol. The van der Waals surface area contributed by atoms with Crippen molar-refractivity contribution in [1.29, 1.82) is 0 Å². The van der Waals surface area contributed by atoms with Gasteiger partial charge >= 0.3 is 0 Å². The third kappa shape index (κ3) is 3.65. The van der Waals surface area contributed by atoms with Crippen LogP contribution < -0.4 is 11.1 Å². The molecular weight excluding hydrogens is 392 g/mol. The van der Waals surface area contributed by atoms with Crippen molar-refractivity contribution in [2.45, 2.75) is 33.9 Å². The van der Waals surface area contributed by atoms with Crippen molar-refractivity contribution in [2.24, 2.45) is 0 Å². The SMILES string of the molecule is Cc1nc2cc(Cn3cc4c(NCc5c(C)cc(N)nc5C)ncnc4n3)ccc2o1. The molecule has 1 aromatic carbocycles. The number of nitrogen functional groups attached to an aromatic ring is 1. The molecule has 9 heteroatoms. The van der Waals surface area contributed by atoms with E-state index in [2.05, 4.69) is 30.4 Å². The number of benzene rings is 1. The summed E-state index contributed by atoms with van der Waals surface area (Å²) in [6, 6.07) is 7.85. The van der Waals surface area contributed by atoms with Gasteiger partial charge in [0.25, 0.3) is 0 Å². The lowest BCUT2D eigenvalue weighted by Crippen LogP contribution is -2.08. The minimum Gasteiger partial charge on any atom is -0.441 e. The van der Waals surface area contributed by atoms with Crippen molar-refractivity contribution >= 4 is 33.8 Å². The molecule has 0 saturated carbocycles. The van der Waals surface area contributed by atoms with Crippen LogP contribution in [0.4, 0.5) is 11.6 Å². The molecule has 0 amide bonds. The van der Waals surface area contributed by atoms with Crippen LogP contribution in [0.5, 0.6) is 0 Å². The van der Waals surface area contributed by atoms with E-state index >= 15 is 0 Å². The number of aromatic nitrogens is 6. The summed E-state index contributed by atoms with van der Waals surface area (Å²) in [5, 5.41) is 8.87. The molecule has 0 unspecified atom stereocenters. The van der Waals surface area contributed by atoms with E-state index in [0.29, 0.717) is 30.4 Å². The van der Waals surface area contributed by atoms with Gasteiger partial charge in [-0.3, -0.25) is 4.68 Å². The summed E-state index contributed by atoms with van der Waals surface area (Å²) in [7, 11) is 0. The lowest BCUT2D eigenvalue weighted by Gasteiger charge is -2.12. The Morgan fingerprint density at radius 2 is 1.97 bits per heavy atom. The third-order valence-corrected chi connectivity index (χ3v) is 5.27. The maximum atomic E-state index is 5.84. The van der Waals surface area contributed by atoms with Gasteiger partial charge in [-0.2, -0.15) is 5.10 Å². The standard InChI is InChI=1S/C22H22N8O/c1-12-6-20(23)27-13(2)16(12)8-24-21-17-10-30(29-22(17)26-11-25-21)9-15-4-5-19-18(7-15)28-14(3)31-19/h4-7,10-11H,8-9H2,1-3H3,(H2,23,27)(H,24,25,26,29). The van der Waals surface area contributed by atoms with E-state index in [1.807, 2.05) is 55.9 Å². The molecule has 4 heterocycles. The molecule has 0 aliphatic heterocycles. The highest BCUT2D eigenvalue weighted by Gasteiger charge is 2.12. The van der Waals surface area contributed by atoms with Crippen molar-refractivity contribution < 1.29 is 4.42 Å². The summed E-state index contributed by atoms with van der Waals surface area (Å²) in [5.41, 5.74) is 12.3. The number of nitrogens with two attached hydrogens (primary N) is 1. The molecule has 0 spiro atoms. The average molecular weight is 414 g/mol. The van der Waals surface area contributed by atoms with Gasteiger partial charge in [-0.05, 0) is 48.7 Å². The van der Waals surface area contributed by atoms with Crippen molar-refractivity contribution in [2.75, 3.05) is 11.1 Å². The van der Waals surface area contributed by atoms with Gasteiger partial charge in [0.05, 0.1) is 11.9 Å². The van der Waals surface area contributed by atoms with Crippen molar-refractivity contribution in [3.05, 3.63) is 65.1 Å². The summed E-state index contributed by atoms with van der Waals surface area (Å²) in [4.78, 5) is 17.5. The summed E-state index contributed by atoms with van der Waals surface area (Å²) in [6.07, 6.45) is 3.48. The highest BCUT2D eigenvalue weighted by molar-refractivity contribution is 5.85. The summed E-state index contributed by atoms with van der Waals surface area (Å²) < 4.78 is 7.41. The van der Waals surface area contributed by atoms with Crippen LogP contribution in [0.15, 0.2) is 41.2 Å². The van der Waals surface area contributed by atoms with Crippen LogP contribution in [0.3, 0.4) is 0 Å². The first-order chi connectivity index (χ1) is 15.0. The van der Waals surface area contributed by atoms with Crippen LogP contribution in [-0.2, 0) is 13.1 Å². The van der Waals surface area contributed by atoms with E-state index in [-0.39, 0.29) is 0 Å². The van der Waals surface area contributed by atoms with Crippen molar-refractivity contribution in [3.63, 3.8) is 0 Å². The van der Waals surface area contributed by atoms with Crippen LogP contribution in [0.25, 0.3) is 22.1 Å². The van der Waals surface area contributed by atoms with Gasteiger partial charge in [-0.1, -0.05) is 6.07 Å². The van der Waals surface area contributed by atoms with Gasteiger partial charge in [-0.25, -0.2) is 19.9 Å². The quantitative estimate of drug-likeness (QED) is 0.448. The number of nitrogens with zero attached hydrogens (tertiary/aromatic N) is 6. The van der Waals surface area contributed by atoms with Crippen LogP contribution in [-0.4, -0.2) is 29.7 Å². The maximum Gasteiger partial charge on any atom is 0.192 e. The van der Waals surface area contributed by atoms with E-state index in [0.717, 1.165) is 44.7 Å². The van der Waals surface area contributed by atoms with Gasteiger partial charge in [0, 0.05) is 25.4 Å². The minimum atomic E-state index is 0.531. The Balaban J connectivity index is 1.40. The fraction of sp³-hybridized carbons (Fsp3) is 0.227. The van der Waals surface area contributed by atoms with E-state index in [1.54, 1.807) is 0 Å². The molecule has 4 aromatic heterocycles. The fourth-order valence-corrected chi connectivity index (χ4v) is 3.81. The largest absolute Gasteiger partial charge is 0.441 e. The first-order valence-corrected chi connectivity index (χ1v) is 9.97. The second-order valence-electron chi connectivity index (χ2n) is 7.60. The molecule has 3 N–H and O–H groups in total. The number of nitrogens with one attached hydrogen (secondary N) is 1. The van der Waals surface area contributed by atoms with Crippen LogP contribution in [0, 0.1) is 20.8 Å². The lowest BCUT2D eigenvalue weighted by molar-refractivity contribution is 0.561. The Morgan fingerprint density at radius 1 is 1.10 bits per heavy atom. The Bertz CT molecular complexity index is 1400. The molecule has 0 aliphatic carbocycles. The summed E-state index contributed by atoms with van der Waals surface area (Å²) in [5.74, 6) is 1.92. The van der Waals surface area contributed by atoms with E-state index in [9.17, 15) is 0 Å². The Hall–Kier alpha value is -4.01. The number of anilines is 2. The van der Waals surface area contributed by atoms with Gasteiger partial charge in [0.1, 0.15) is 23.5 Å². The Kier molecular flexibility index (Phi) is 4.50. The van der Waals surface area contributed by atoms with Gasteiger partial charge in [-0.15, -0.1) is 0 Å². The first-order valence-electron chi connectivity index (χ1n) is 9.97. The molecule has 9 nitrogen and oxygen atoms in total. The highest BCUT2D eigenvalue weighted by atomic mass is 16.3. The second kappa shape index (κ2) is 7.35.